The molecule has 0 amide bonds. The number of anilines is 1. The lowest BCUT2D eigenvalue weighted by atomic mass is 10.1. The Labute approximate surface area is 135 Å². The summed E-state index contributed by atoms with van der Waals surface area (Å²) >= 11 is 9.38. The van der Waals surface area contributed by atoms with Crippen LogP contribution in [0.2, 0.25) is 5.02 Å². The molecule has 0 saturated carbocycles. The first-order valence-corrected chi connectivity index (χ1v) is 7.53. The smallest absolute Gasteiger partial charge is 0.129 e. The molecule has 1 N–H and O–H groups in total. The molecule has 0 aliphatic heterocycles. The molecule has 5 heteroatoms. The van der Waals surface area contributed by atoms with Crippen LogP contribution in [-0.4, -0.2) is 4.98 Å². The number of aromatic nitrogens is 1. The van der Waals surface area contributed by atoms with Gasteiger partial charge < -0.3 is 5.32 Å². The fourth-order valence-electron chi connectivity index (χ4n) is 2.15. The number of pyridine rings is 1. The fourth-order valence-corrected chi connectivity index (χ4v) is 2.69. The maximum atomic E-state index is 13.8. The third-order valence-electron chi connectivity index (χ3n) is 3.20. The topological polar surface area (TPSA) is 24.9 Å². The van der Waals surface area contributed by atoms with E-state index in [9.17, 15) is 4.39 Å². The molecular weight excluding hydrogens is 355 g/mol. The van der Waals surface area contributed by atoms with Crippen molar-refractivity contribution in [2.45, 2.75) is 6.54 Å². The van der Waals surface area contributed by atoms with Gasteiger partial charge in [-0.2, -0.15) is 0 Å². The number of benzene rings is 2. The second-order valence-corrected chi connectivity index (χ2v) is 5.91. The molecule has 1 aromatic heterocycles. The minimum atomic E-state index is -0.242. The fraction of sp³-hybridized carbons (Fsp3) is 0.0625. The third-order valence-corrected chi connectivity index (χ3v) is 4.00. The number of nitrogens with one attached hydrogen (secondary N) is 1. The molecule has 3 aromatic rings. The lowest BCUT2D eigenvalue weighted by Gasteiger charge is -2.11. The van der Waals surface area contributed by atoms with Gasteiger partial charge in [-0.15, -0.1) is 0 Å². The van der Waals surface area contributed by atoms with Crippen molar-refractivity contribution in [2.75, 3.05) is 5.32 Å². The van der Waals surface area contributed by atoms with E-state index < -0.39 is 0 Å². The van der Waals surface area contributed by atoms with Crippen molar-refractivity contribution in [3.63, 3.8) is 0 Å². The van der Waals surface area contributed by atoms with E-state index in [1.54, 1.807) is 18.3 Å². The Kier molecular flexibility index (Phi) is 4.08. The molecule has 2 nitrogen and oxygen atoms in total. The molecule has 0 aliphatic carbocycles. The first-order chi connectivity index (χ1) is 10.1. The summed E-state index contributed by atoms with van der Waals surface area (Å²) in [7, 11) is 0. The van der Waals surface area contributed by atoms with Gasteiger partial charge in [0.05, 0.1) is 10.5 Å². The maximum absolute atomic E-state index is 13.8. The van der Waals surface area contributed by atoms with Crippen molar-refractivity contribution in [2.24, 2.45) is 0 Å². The molecule has 0 atom stereocenters. The molecule has 0 unspecified atom stereocenters. The van der Waals surface area contributed by atoms with Crippen molar-refractivity contribution in [3.8, 4) is 0 Å². The molecule has 0 bridgehead atoms. The van der Waals surface area contributed by atoms with Crippen LogP contribution in [0.25, 0.3) is 10.9 Å². The zero-order chi connectivity index (χ0) is 14.8. The molecule has 1 heterocycles. The van der Waals surface area contributed by atoms with Crippen LogP contribution < -0.4 is 5.32 Å². The monoisotopic (exact) mass is 364 g/mol. The summed E-state index contributed by atoms with van der Waals surface area (Å²) in [6.07, 6.45) is 1.70. The van der Waals surface area contributed by atoms with Crippen LogP contribution in [0.15, 0.2) is 53.1 Å². The molecule has 21 heavy (non-hydrogen) atoms. The van der Waals surface area contributed by atoms with Crippen LogP contribution in [0.5, 0.6) is 0 Å². The molecule has 0 radical (unpaired) electrons. The van der Waals surface area contributed by atoms with E-state index in [0.717, 1.165) is 21.1 Å². The summed E-state index contributed by atoms with van der Waals surface area (Å²) in [5.41, 5.74) is 2.22. The Morgan fingerprint density at radius 3 is 2.86 bits per heavy atom. The second-order valence-electron chi connectivity index (χ2n) is 4.58. The van der Waals surface area contributed by atoms with E-state index in [4.69, 9.17) is 11.6 Å². The number of hydrogen-bond donors (Lipinski definition) is 1. The predicted octanol–water partition coefficient (Wildman–Crippen LogP) is 5.40. The Bertz CT molecular complexity index is 807. The summed E-state index contributed by atoms with van der Waals surface area (Å²) in [6, 6.07) is 12.5. The van der Waals surface area contributed by atoms with Crippen molar-refractivity contribution in [3.05, 3.63) is 69.5 Å². The quantitative estimate of drug-likeness (QED) is 0.672. The number of rotatable bonds is 3. The lowest BCUT2D eigenvalue weighted by Crippen LogP contribution is -2.02. The van der Waals surface area contributed by atoms with Crippen molar-refractivity contribution >= 4 is 44.1 Å². The summed E-state index contributed by atoms with van der Waals surface area (Å²) in [5.74, 6) is -0.242. The van der Waals surface area contributed by atoms with Gasteiger partial charge in [-0.05, 0) is 36.4 Å². The summed E-state index contributed by atoms with van der Waals surface area (Å²) < 4.78 is 14.6. The minimum Gasteiger partial charge on any atom is -0.380 e. The largest absolute Gasteiger partial charge is 0.380 e. The Hall–Kier alpha value is -1.65. The standard InChI is InChI=1S/C16H11BrClFN2/c17-11-4-3-10(14(19)8-11)9-21-15-6-5-13(18)16-12(15)2-1-7-20-16/h1-8,21H,9H2. The molecule has 106 valence electrons. The van der Waals surface area contributed by atoms with Crippen molar-refractivity contribution < 1.29 is 4.39 Å². The van der Waals surface area contributed by atoms with Gasteiger partial charge in [0.2, 0.25) is 0 Å². The van der Waals surface area contributed by atoms with E-state index in [-0.39, 0.29) is 5.82 Å². The summed E-state index contributed by atoms with van der Waals surface area (Å²) in [4.78, 5) is 4.27. The first-order valence-electron chi connectivity index (χ1n) is 6.36. The molecular formula is C16H11BrClFN2. The van der Waals surface area contributed by atoms with Crippen LogP contribution in [0.4, 0.5) is 10.1 Å². The third kappa shape index (κ3) is 3.01. The van der Waals surface area contributed by atoms with Crippen LogP contribution in [0.3, 0.4) is 0 Å². The Balaban J connectivity index is 1.90. The molecule has 3 rings (SSSR count). The molecule has 0 aliphatic rings. The van der Waals surface area contributed by atoms with E-state index in [1.165, 1.54) is 6.07 Å². The van der Waals surface area contributed by atoms with Crippen LogP contribution in [0, 0.1) is 5.82 Å². The zero-order valence-corrected chi connectivity index (χ0v) is 13.2. The SMILES string of the molecule is Fc1cc(Br)ccc1CNc1ccc(Cl)c2ncccc12. The second kappa shape index (κ2) is 6.00. The normalized spacial score (nSPS) is 10.8. The van der Waals surface area contributed by atoms with Gasteiger partial charge in [-0.25, -0.2) is 4.39 Å². The summed E-state index contributed by atoms with van der Waals surface area (Å²) in [6.45, 7) is 0.394. The number of hydrogen-bond acceptors (Lipinski definition) is 2. The first kappa shape index (κ1) is 14.3. The highest BCUT2D eigenvalue weighted by atomic mass is 79.9. The van der Waals surface area contributed by atoms with E-state index in [1.807, 2.05) is 24.3 Å². The minimum absolute atomic E-state index is 0.242. The van der Waals surface area contributed by atoms with Crippen LogP contribution >= 0.6 is 27.5 Å². The van der Waals surface area contributed by atoms with E-state index in [2.05, 4.69) is 26.2 Å². The van der Waals surface area contributed by atoms with Gasteiger partial charge >= 0.3 is 0 Å². The zero-order valence-electron chi connectivity index (χ0n) is 10.9. The highest BCUT2D eigenvalue weighted by Gasteiger charge is 2.07. The van der Waals surface area contributed by atoms with Crippen LogP contribution in [0.1, 0.15) is 5.56 Å². The highest BCUT2D eigenvalue weighted by Crippen LogP contribution is 2.28. The van der Waals surface area contributed by atoms with Gasteiger partial charge in [0.25, 0.3) is 0 Å². The number of nitrogens with zero attached hydrogens (tertiary/aromatic N) is 1. The van der Waals surface area contributed by atoms with Gasteiger partial charge in [0.1, 0.15) is 5.82 Å². The van der Waals surface area contributed by atoms with Crippen molar-refractivity contribution in [1.29, 1.82) is 0 Å². The average molecular weight is 366 g/mol. The highest BCUT2D eigenvalue weighted by molar-refractivity contribution is 9.10. The van der Waals surface area contributed by atoms with Gasteiger partial charge in [0.15, 0.2) is 0 Å². The molecule has 2 aromatic carbocycles. The predicted molar refractivity (Wildman–Crippen MR) is 88.2 cm³/mol. The number of halogens is 3. The van der Waals surface area contributed by atoms with Crippen LogP contribution in [-0.2, 0) is 6.54 Å². The molecule has 0 spiro atoms. The van der Waals surface area contributed by atoms with Gasteiger partial charge in [-0.3, -0.25) is 4.98 Å². The molecule has 0 saturated heterocycles. The number of fused-ring (bicyclic) bond motifs is 1. The van der Waals surface area contributed by atoms with E-state index >= 15 is 0 Å². The Morgan fingerprint density at radius 1 is 1.19 bits per heavy atom. The Morgan fingerprint density at radius 2 is 2.05 bits per heavy atom. The lowest BCUT2D eigenvalue weighted by molar-refractivity contribution is 0.612. The summed E-state index contributed by atoms with van der Waals surface area (Å²) in [5, 5.41) is 4.76. The van der Waals surface area contributed by atoms with Crippen molar-refractivity contribution in [1.82, 2.24) is 4.98 Å². The van der Waals surface area contributed by atoms with E-state index in [0.29, 0.717) is 17.1 Å². The average Bonchev–Trinajstić information content (AvgIpc) is 2.48. The maximum Gasteiger partial charge on any atom is 0.129 e. The molecule has 0 fully saturated rings. The van der Waals surface area contributed by atoms with Gasteiger partial charge in [-0.1, -0.05) is 33.6 Å². The van der Waals surface area contributed by atoms with Gasteiger partial charge in [0, 0.05) is 33.9 Å².